The SMILES string of the molecule is CCNc1ccc([N+](=O)[O-])c(NC(C)c2ccsc2)n1. The van der Waals surface area contributed by atoms with Crippen LogP contribution in [0.2, 0.25) is 0 Å². The minimum atomic E-state index is -0.425. The molecule has 2 heterocycles. The lowest BCUT2D eigenvalue weighted by Crippen LogP contribution is -2.10. The summed E-state index contributed by atoms with van der Waals surface area (Å²) in [4.78, 5) is 14.9. The molecular weight excluding hydrogens is 276 g/mol. The third kappa shape index (κ3) is 3.24. The maximum absolute atomic E-state index is 11.1. The van der Waals surface area contributed by atoms with E-state index in [0.29, 0.717) is 12.4 Å². The molecule has 0 radical (unpaired) electrons. The maximum Gasteiger partial charge on any atom is 0.311 e. The summed E-state index contributed by atoms with van der Waals surface area (Å²) in [7, 11) is 0. The maximum atomic E-state index is 11.1. The summed E-state index contributed by atoms with van der Waals surface area (Å²) < 4.78 is 0. The molecule has 0 aliphatic carbocycles. The predicted octanol–water partition coefficient (Wildman–Crippen LogP) is 3.66. The van der Waals surface area contributed by atoms with Crippen LogP contribution in [0, 0.1) is 10.1 Å². The first-order chi connectivity index (χ1) is 9.61. The summed E-state index contributed by atoms with van der Waals surface area (Å²) in [6, 6.07) is 5.03. The third-order valence-corrected chi connectivity index (χ3v) is 3.53. The average molecular weight is 292 g/mol. The Morgan fingerprint density at radius 3 is 2.85 bits per heavy atom. The Balaban J connectivity index is 2.27. The first-order valence-electron chi connectivity index (χ1n) is 6.29. The number of pyridine rings is 1. The van der Waals surface area contributed by atoms with Crippen molar-refractivity contribution in [3.05, 3.63) is 44.6 Å². The molecule has 2 rings (SSSR count). The minimum Gasteiger partial charge on any atom is -0.370 e. The lowest BCUT2D eigenvalue weighted by atomic mass is 10.2. The number of nitro groups is 1. The van der Waals surface area contributed by atoms with Gasteiger partial charge in [0.15, 0.2) is 0 Å². The molecule has 0 aliphatic rings. The summed E-state index contributed by atoms with van der Waals surface area (Å²) >= 11 is 1.59. The fraction of sp³-hybridized carbons (Fsp3) is 0.308. The topological polar surface area (TPSA) is 80.1 Å². The highest BCUT2D eigenvalue weighted by Crippen LogP contribution is 2.28. The summed E-state index contributed by atoms with van der Waals surface area (Å²) in [5, 5.41) is 21.2. The van der Waals surface area contributed by atoms with E-state index in [1.54, 1.807) is 17.4 Å². The smallest absolute Gasteiger partial charge is 0.311 e. The van der Waals surface area contributed by atoms with Crippen LogP contribution in [0.3, 0.4) is 0 Å². The van der Waals surface area contributed by atoms with Gasteiger partial charge in [0, 0.05) is 12.6 Å². The van der Waals surface area contributed by atoms with Crippen LogP contribution in [0.5, 0.6) is 0 Å². The molecule has 0 amide bonds. The second kappa shape index (κ2) is 6.33. The molecule has 0 aliphatic heterocycles. The molecule has 2 aromatic rings. The van der Waals surface area contributed by atoms with Crippen LogP contribution in [0.25, 0.3) is 0 Å². The molecule has 0 saturated carbocycles. The van der Waals surface area contributed by atoms with Gasteiger partial charge in [-0.1, -0.05) is 0 Å². The van der Waals surface area contributed by atoms with Crippen LogP contribution in [-0.4, -0.2) is 16.5 Å². The van der Waals surface area contributed by atoms with Crippen LogP contribution >= 0.6 is 11.3 Å². The van der Waals surface area contributed by atoms with Gasteiger partial charge in [0.2, 0.25) is 5.82 Å². The quantitative estimate of drug-likeness (QED) is 0.627. The third-order valence-electron chi connectivity index (χ3n) is 2.82. The van der Waals surface area contributed by atoms with E-state index in [4.69, 9.17) is 0 Å². The number of aromatic nitrogens is 1. The molecule has 20 heavy (non-hydrogen) atoms. The second-order valence-electron chi connectivity index (χ2n) is 4.27. The molecule has 0 saturated heterocycles. The van der Waals surface area contributed by atoms with E-state index >= 15 is 0 Å². The highest BCUT2D eigenvalue weighted by atomic mass is 32.1. The van der Waals surface area contributed by atoms with E-state index in [1.165, 1.54) is 6.07 Å². The Morgan fingerprint density at radius 2 is 2.25 bits per heavy atom. The highest BCUT2D eigenvalue weighted by Gasteiger charge is 2.18. The van der Waals surface area contributed by atoms with Crippen molar-refractivity contribution in [2.45, 2.75) is 19.9 Å². The minimum absolute atomic E-state index is 0.0197. The van der Waals surface area contributed by atoms with Crippen molar-refractivity contribution >= 4 is 28.7 Å². The Morgan fingerprint density at radius 1 is 1.45 bits per heavy atom. The van der Waals surface area contributed by atoms with Crippen molar-refractivity contribution in [1.29, 1.82) is 0 Å². The van der Waals surface area contributed by atoms with Crippen LogP contribution in [0.1, 0.15) is 25.5 Å². The van der Waals surface area contributed by atoms with Gasteiger partial charge in [-0.25, -0.2) is 4.98 Å². The molecule has 0 fully saturated rings. The Labute approximate surface area is 121 Å². The zero-order valence-electron chi connectivity index (χ0n) is 11.3. The Hall–Kier alpha value is -2.15. The summed E-state index contributed by atoms with van der Waals surface area (Å²) in [5.74, 6) is 0.908. The zero-order chi connectivity index (χ0) is 14.5. The average Bonchev–Trinajstić information content (AvgIpc) is 2.93. The molecule has 2 N–H and O–H groups in total. The van der Waals surface area contributed by atoms with E-state index in [-0.39, 0.29) is 17.5 Å². The lowest BCUT2D eigenvalue weighted by molar-refractivity contribution is -0.384. The van der Waals surface area contributed by atoms with Crippen molar-refractivity contribution < 1.29 is 4.92 Å². The van der Waals surface area contributed by atoms with Gasteiger partial charge in [-0.05, 0) is 42.3 Å². The molecule has 7 heteroatoms. The van der Waals surface area contributed by atoms with Gasteiger partial charge in [-0.2, -0.15) is 11.3 Å². The van der Waals surface area contributed by atoms with Gasteiger partial charge in [0.05, 0.1) is 11.0 Å². The first-order valence-corrected chi connectivity index (χ1v) is 7.24. The van der Waals surface area contributed by atoms with Gasteiger partial charge in [-0.15, -0.1) is 0 Å². The summed E-state index contributed by atoms with van der Waals surface area (Å²) in [5.41, 5.74) is 1.06. The fourth-order valence-electron chi connectivity index (χ4n) is 1.79. The molecular formula is C13H16N4O2S. The predicted molar refractivity (Wildman–Crippen MR) is 81.4 cm³/mol. The van der Waals surface area contributed by atoms with Crippen molar-refractivity contribution in [2.75, 3.05) is 17.2 Å². The number of rotatable bonds is 6. The number of nitrogens with one attached hydrogen (secondary N) is 2. The molecule has 0 spiro atoms. The second-order valence-corrected chi connectivity index (χ2v) is 5.05. The van der Waals surface area contributed by atoms with Crippen molar-refractivity contribution in [3.8, 4) is 0 Å². The van der Waals surface area contributed by atoms with Gasteiger partial charge >= 0.3 is 5.69 Å². The van der Waals surface area contributed by atoms with Gasteiger partial charge in [-0.3, -0.25) is 10.1 Å². The lowest BCUT2D eigenvalue weighted by Gasteiger charge is -2.14. The zero-order valence-corrected chi connectivity index (χ0v) is 12.1. The molecule has 6 nitrogen and oxygen atoms in total. The number of thiophene rings is 1. The normalized spacial score (nSPS) is 11.9. The number of hydrogen-bond acceptors (Lipinski definition) is 6. The van der Waals surface area contributed by atoms with Crippen LogP contribution in [-0.2, 0) is 0 Å². The van der Waals surface area contributed by atoms with Crippen molar-refractivity contribution in [3.63, 3.8) is 0 Å². The molecule has 106 valence electrons. The molecule has 1 unspecified atom stereocenters. The standard InChI is InChI=1S/C13H16N4O2S/c1-3-14-12-5-4-11(17(18)19)13(16-12)15-9(2)10-6-7-20-8-10/h4-9H,3H2,1-2H3,(H2,14,15,16). The van der Waals surface area contributed by atoms with Crippen molar-refractivity contribution in [1.82, 2.24) is 4.98 Å². The van der Waals surface area contributed by atoms with Crippen LogP contribution < -0.4 is 10.6 Å². The fourth-order valence-corrected chi connectivity index (χ4v) is 2.55. The van der Waals surface area contributed by atoms with Gasteiger partial charge in [0.25, 0.3) is 0 Å². The monoisotopic (exact) mass is 292 g/mol. The van der Waals surface area contributed by atoms with E-state index in [9.17, 15) is 10.1 Å². The Bertz CT molecular complexity index is 586. The van der Waals surface area contributed by atoms with Crippen molar-refractivity contribution in [2.24, 2.45) is 0 Å². The van der Waals surface area contributed by atoms with E-state index < -0.39 is 4.92 Å². The molecule has 0 bridgehead atoms. The summed E-state index contributed by atoms with van der Waals surface area (Å²) in [6.45, 7) is 4.61. The molecule has 0 aromatic carbocycles. The first kappa shape index (κ1) is 14.3. The van der Waals surface area contributed by atoms with E-state index in [0.717, 1.165) is 5.56 Å². The largest absolute Gasteiger partial charge is 0.370 e. The van der Waals surface area contributed by atoms with Gasteiger partial charge in [0.1, 0.15) is 5.82 Å². The Kier molecular flexibility index (Phi) is 4.52. The molecule has 1 atom stereocenters. The number of hydrogen-bond donors (Lipinski definition) is 2. The van der Waals surface area contributed by atoms with E-state index in [1.807, 2.05) is 30.7 Å². The number of nitrogens with zero attached hydrogens (tertiary/aromatic N) is 2. The highest BCUT2D eigenvalue weighted by molar-refractivity contribution is 7.07. The van der Waals surface area contributed by atoms with Crippen LogP contribution in [0.4, 0.5) is 17.3 Å². The van der Waals surface area contributed by atoms with Crippen LogP contribution in [0.15, 0.2) is 29.0 Å². The molecule has 2 aromatic heterocycles. The number of anilines is 2. The van der Waals surface area contributed by atoms with Gasteiger partial charge < -0.3 is 10.6 Å². The van der Waals surface area contributed by atoms with E-state index in [2.05, 4.69) is 15.6 Å². The summed E-state index contributed by atoms with van der Waals surface area (Å²) in [6.07, 6.45) is 0.